The van der Waals surface area contributed by atoms with Crippen LogP contribution in [-0.4, -0.2) is 0 Å². The molecule has 0 nitrogen and oxygen atoms in total. The van der Waals surface area contributed by atoms with Crippen LogP contribution in [0, 0.1) is 24.3 Å². The summed E-state index contributed by atoms with van der Waals surface area (Å²) in [5.41, 5.74) is 4.13. The van der Waals surface area contributed by atoms with Crippen LogP contribution in [0.5, 0.6) is 0 Å². The second-order valence-electron chi connectivity index (χ2n) is 2.71. The Kier molecular flexibility index (Phi) is 2.34. The molecule has 0 unspecified atom stereocenters. The Labute approximate surface area is 75.8 Å². The van der Waals surface area contributed by atoms with E-state index in [0.29, 0.717) is 0 Å². The van der Waals surface area contributed by atoms with Gasteiger partial charge in [-0.05, 0) is 20.8 Å². The summed E-state index contributed by atoms with van der Waals surface area (Å²) in [6.07, 6.45) is 0. The van der Waals surface area contributed by atoms with Gasteiger partial charge in [-0.3, -0.25) is 0 Å². The van der Waals surface area contributed by atoms with Crippen molar-refractivity contribution in [3.63, 3.8) is 0 Å². The quantitative estimate of drug-likeness (QED) is 0.533. The maximum Gasteiger partial charge on any atom is -0.0398 e. The zero-order valence-electron chi connectivity index (χ0n) is 6.53. The molecule has 1 aromatic rings. The van der Waals surface area contributed by atoms with Crippen LogP contribution in [-0.2, 0) is 0 Å². The van der Waals surface area contributed by atoms with E-state index in [1.54, 1.807) is 0 Å². The first-order chi connectivity index (χ1) is 4.61. The number of benzene rings is 1. The van der Waals surface area contributed by atoms with Crippen molar-refractivity contribution in [2.24, 2.45) is 0 Å². The molecule has 0 spiro atoms. The largest absolute Gasteiger partial charge is 0.758 e. The van der Waals surface area contributed by atoms with E-state index >= 15 is 0 Å². The van der Waals surface area contributed by atoms with Gasteiger partial charge in [-0.25, -0.2) is 0 Å². The second-order valence-corrected chi connectivity index (χ2v) is 3.79. The number of rotatable bonds is 0. The highest BCUT2D eigenvalue weighted by Gasteiger charge is 1.90. The lowest BCUT2D eigenvalue weighted by molar-refractivity contribution is -0.330. The van der Waals surface area contributed by atoms with Crippen molar-refractivity contribution in [1.82, 2.24) is 0 Å². The van der Waals surface area contributed by atoms with Gasteiger partial charge in [-0.15, -0.1) is 0 Å². The minimum atomic E-state index is 1.36. The van der Waals surface area contributed by atoms with Crippen LogP contribution in [0.15, 0.2) is 12.1 Å². The van der Waals surface area contributed by atoms with E-state index in [4.69, 9.17) is 0 Å². The van der Waals surface area contributed by atoms with Crippen molar-refractivity contribution in [2.75, 3.05) is 0 Å². The molecule has 55 valence electrons. The third-order valence-corrected chi connectivity index (χ3v) is 3.28. The van der Waals surface area contributed by atoms with Gasteiger partial charge in [0.2, 0.25) is 0 Å². The molecule has 1 heteroatoms. The molecule has 0 aromatic heterocycles. The third-order valence-electron chi connectivity index (χ3n) is 1.58. The molecule has 0 aliphatic carbocycles. The normalized spacial score (nSPS) is 10.0. The van der Waals surface area contributed by atoms with Gasteiger partial charge in [0, 0.05) is 0 Å². The summed E-state index contributed by atoms with van der Waals surface area (Å²) in [5, 5.41) is 0. The summed E-state index contributed by atoms with van der Waals surface area (Å²) in [7, 11) is 0. The standard InChI is InChI=1S/C9H11I/c1-6-4-7(2)9(10)8(3)5-6/h4-5H,1-3H3/q-1. The van der Waals surface area contributed by atoms with Crippen LogP contribution < -0.4 is 22.6 Å². The molecule has 0 saturated heterocycles. The highest BCUT2D eigenvalue weighted by atomic mass is 127. The Morgan fingerprint density at radius 1 is 1.00 bits per heavy atom. The van der Waals surface area contributed by atoms with Gasteiger partial charge in [0.25, 0.3) is 0 Å². The van der Waals surface area contributed by atoms with Gasteiger partial charge in [-0.2, -0.15) is 3.57 Å². The van der Waals surface area contributed by atoms with Crippen molar-refractivity contribution in [3.8, 4) is 0 Å². The average Bonchev–Trinajstić information content (AvgIpc) is 1.82. The minimum absolute atomic E-state index is 1.36. The smallest absolute Gasteiger partial charge is 0.0398 e. The molecule has 1 rings (SSSR count). The molecule has 10 heavy (non-hydrogen) atoms. The fraction of sp³-hybridized carbons (Fsp3) is 0.333. The Morgan fingerprint density at radius 2 is 1.40 bits per heavy atom. The predicted octanol–water partition coefficient (Wildman–Crippen LogP) is -0.665. The molecular formula is C9H11I-. The zero-order valence-corrected chi connectivity index (χ0v) is 8.69. The Morgan fingerprint density at radius 3 is 1.80 bits per heavy atom. The van der Waals surface area contributed by atoms with Crippen LogP contribution in [0.1, 0.15) is 16.7 Å². The first kappa shape index (κ1) is 8.05. The van der Waals surface area contributed by atoms with Crippen LogP contribution >= 0.6 is 0 Å². The summed E-state index contributed by atoms with van der Waals surface area (Å²) < 4.78 is 1.39. The lowest BCUT2D eigenvalue weighted by Gasteiger charge is -2.15. The average molecular weight is 246 g/mol. The maximum atomic E-state index is 2.39. The number of aryl methyl sites for hydroxylation is 3. The zero-order chi connectivity index (χ0) is 7.72. The number of hydrogen-bond donors (Lipinski definition) is 0. The highest BCUT2D eigenvalue weighted by molar-refractivity contribution is 5.26. The van der Waals surface area contributed by atoms with E-state index in [2.05, 4.69) is 55.5 Å². The molecule has 0 aliphatic rings. The van der Waals surface area contributed by atoms with E-state index in [1.165, 1.54) is 20.3 Å². The summed E-state index contributed by atoms with van der Waals surface area (Å²) in [6.45, 7) is 6.44. The lowest BCUT2D eigenvalue weighted by Crippen LogP contribution is -3.34. The van der Waals surface area contributed by atoms with Gasteiger partial charge >= 0.3 is 0 Å². The van der Waals surface area contributed by atoms with E-state index in [0.717, 1.165) is 0 Å². The van der Waals surface area contributed by atoms with Crippen LogP contribution in [0.2, 0.25) is 0 Å². The van der Waals surface area contributed by atoms with Gasteiger partial charge < -0.3 is 22.6 Å². The van der Waals surface area contributed by atoms with Crippen LogP contribution in [0.3, 0.4) is 0 Å². The van der Waals surface area contributed by atoms with E-state index in [-0.39, 0.29) is 0 Å². The molecule has 0 atom stereocenters. The molecule has 0 saturated carbocycles. The van der Waals surface area contributed by atoms with Crippen molar-refractivity contribution in [1.29, 1.82) is 0 Å². The van der Waals surface area contributed by atoms with E-state index < -0.39 is 0 Å². The van der Waals surface area contributed by atoms with Crippen LogP contribution in [0.25, 0.3) is 0 Å². The Hall–Kier alpha value is -0.0500. The first-order valence-corrected chi connectivity index (χ1v) is 4.42. The first-order valence-electron chi connectivity index (χ1n) is 3.34. The van der Waals surface area contributed by atoms with Crippen molar-refractivity contribution < 1.29 is 22.6 Å². The van der Waals surface area contributed by atoms with Gasteiger partial charge in [0.05, 0.1) is 0 Å². The summed E-state index contributed by atoms with van der Waals surface area (Å²) in [6, 6.07) is 4.43. The summed E-state index contributed by atoms with van der Waals surface area (Å²) in [4.78, 5) is 0. The maximum absolute atomic E-state index is 2.39. The lowest BCUT2D eigenvalue weighted by atomic mass is 10.1. The summed E-state index contributed by atoms with van der Waals surface area (Å²) >= 11 is 2.39. The SMILES string of the molecule is Cc1cc(C)c([I-])c(C)c1. The molecule has 0 amide bonds. The monoisotopic (exact) mass is 246 g/mol. The number of halogens is 1. The molecule has 0 bridgehead atoms. The molecule has 0 fully saturated rings. The van der Waals surface area contributed by atoms with Crippen molar-refractivity contribution >= 4 is 0 Å². The molecule has 1 aromatic carbocycles. The molecule has 0 aliphatic heterocycles. The van der Waals surface area contributed by atoms with E-state index in [1.807, 2.05) is 0 Å². The highest BCUT2D eigenvalue weighted by Crippen LogP contribution is 2.06. The minimum Gasteiger partial charge on any atom is -0.758 e. The summed E-state index contributed by atoms with van der Waals surface area (Å²) in [5.74, 6) is 0. The van der Waals surface area contributed by atoms with Gasteiger partial charge in [0.15, 0.2) is 0 Å². The molecule has 1 radical (unpaired) electrons. The molecular weight excluding hydrogens is 235 g/mol. The predicted molar refractivity (Wildman–Crippen MR) is 39.4 cm³/mol. The Bertz CT molecular complexity index is 228. The molecule has 0 heterocycles. The van der Waals surface area contributed by atoms with Crippen LogP contribution in [0.4, 0.5) is 0 Å². The molecule has 0 N–H and O–H groups in total. The fourth-order valence-electron chi connectivity index (χ4n) is 1.16. The van der Waals surface area contributed by atoms with Crippen molar-refractivity contribution in [2.45, 2.75) is 20.8 Å². The fourth-order valence-corrected chi connectivity index (χ4v) is 1.47. The second kappa shape index (κ2) is 2.91. The third kappa shape index (κ3) is 1.51. The van der Waals surface area contributed by atoms with Gasteiger partial charge in [-0.1, -0.05) is 28.8 Å². The topological polar surface area (TPSA) is 0 Å². The van der Waals surface area contributed by atoms with E-state index in [9.17, 15) is 0 Å². The van der Waals surface area contributed by atoms with Gasteiger partial charge in [0.1, 0.15) is 0 Å². The van der Waals surface area contributed by atoms with Crippen molar-refractivity contribution in [3.05, 3.63) is 32.4 Å². The number of hydrogen-bond acceptors (Lipinski definition) is 0. The Balaban J connectivity index is 3.31.